The van der Waals surface area contributed by atoms with Crippen molar-refractivity contribution in [2.45, 2.75) is 13.8 Å². The van der Waals surface area contributed by atoms with Gasteiger partial charge in [0.2, 0.25) is 11.2 Å². The van der Waals surface area contributed by atoms with Crippen molar-refractivity contribution in [1.29, 1.82) is 0 Å². The van der Waals surface area contributed by atoms with Gasteiger partial charge in [0, 0.05) is 6.07 Å². The molecular formula is C17H14O6. The maximum Gasteiger partial charge on any atom is 0.374 e. The SMILES string of the molecule is CCOC(=O)c1ccc(-c2coc3cc(O)cc(C)c3c2=O)o1. The zero-order chi connectivity index (χ0) is 16.6. The first-order valence-electron chi connectivity index (χ1n) is 7.03. The zero-order valence-electron chi connectivity index (χ0n) is 12.6. The lowest BCUT2D eigenvalue weighted by molar-refractivity contribution is 0.0491. The number of carbonyl (C=O) groups is 1. The van der Waals surface area contributed by atoms with Crippen LogP contribution in [0.15, 0.2) is 44.2 Å². The lowest BCUT2D eigenvalue weighted by Crippen LogP contribution is -2.06. The molecule has 0 saturated heterocycles. The summed E-state index contributed by atoms with van der Waals surface area (Å²) in [6.45, 7) is 3.63. The molecule has 2 aromatic heterocycles. The minimum absolute atomic E-state index is 0.0174. The van der Waals surface area contributed by atoms with Crippen molar-refractivity contribution >= 4 is 16.9 Å². The second-order valence-electron chi connectivity index (χ2n) is 5.00. The van der Waals surface area contributed by atoms with Gasteiger partial charge >= 0.3 is 5.97 Å². The van der Waals surface area contributed by atoms with Crippen molar-refractivity contribution in [3.63, 3.8) is 0 Å². The standard InChI is InChI=1S/C17H14O6/c1-3-21-17(20)13-5-4-12(23-13)11-8-22-14-7-10(18)6-9(2)15(14)16(11)19/h4-8,18H,3H2,1-2H3. The van der Waals surface area contributed by atoms with Gasteiger partial charge in [-0.2, -0.15) is 0 Å². The Labute approximate surface area is 130 Å². The molecule has 3 rings (SSSR count). The van der Waals surface area contributed by atoms with Crippen LogP contribution in [0.2, 0.25) is 0 Å². The number of hydrogen-bond donors (Lipinski definition) is 1. The van der Waals surface area contributed by atoms with Crippen molar-refractivity contribution in [1.82, 2.24) is 0 Å². The summed E-state index contributed by atoms with van der Waals surface area (Å²) >= 11 is 0. The molecule has 23 heavy (non-hydrogen) atoms. The molecule has 0 aliphatic carbocycles. The van der Waals surface area contributed by atoms with Gasteiger partial charge in [0.25, 0.3) is 0 Å². The van der Waals surface area contributed by atoms with E-state index in [2.05, 4.69) is 0 Å². The van der Waals surface area contributed by atoms with Crippen LogP contribution in [0.5, 0.6) is 5.75 Å². The minimum atomic E-state index is -0.593. The van der Waals surface area contributed by atoms with Crippen LogP contribution in [0.1, 0.15) is 23.0 Å². The molecule has 3 aromatic rings. The third-order valence-electron chi connectivity index (χ3n) is 3.41. The predicted molar refractivity (Wildman–Crippen MR) is 82.5 cm³/mol. The van der Waals surface area contributed by atoms with Crippen LogP contribution >= 0.6 is 0 Å². The highest BCUT2D eigenvalue weighted by molar-refractivity contribution is 5.88. The second-order valence-corrected chi connectivity index (χ2v) is 5.00. The third-order valence-corrected chi connectivity index (χ3v) is 3.41. The van der Waals surface area contributed by atoms with Crippen molar-refractivity contribution in [2.24, 2.45) is 0 Å². The quantitative estimate of drug-likeness (QED) is 0.746. The molecule has 0 aliphatic rings. The number of hydrogen-bond acceptors (Lipinski definition) is 6. The van der Waals surface area contributed by atoms with Gasteiger partial charge in [0.15, 0.2) is 0 Å². The molecule has 118 valence electrons. The first-order chi connectivity index (χ1) is 11.0. The molecule has 0 fully saturated rings. The normalized spacial score (nSPS) is 10.9. The molecule has 0 aliphatic heterocycles. The second kappa shape index (κ2) is 5.64. The molecule has 6 heteroatoms. The largest absolute Gasteiger partial charge is 0.508 e. The number of esters is 1. The summed E-state index contributed by atoms with van der Waals surface area (Å²) in [6.07, 6.45) is 1.25. The Bertz CT molecular complexity index is 947. The Morgan fingerprint density at radius 1 is 1.30 bits per heavy atom. The molecule has 0 bridgehead atoms. The Morgan fingerprint density at radius 2 is 2.09 bits per heavy atom. The van der Waals surface area contributed by atoms with Gasteiger partial charge in [-0.05, 0) is 37.6 Å². The van der Waals surface area contributed by atoms with Crippen LogP contribution < -0.4 is 5.43 Å². The van der Waals surface area contributed by atoms with Gasteiger partial charge < -0.3 is 18.7 Å². The average Bonchev–Trinajstić information content (AvgIpc) is 2.96. The van der Waals surface area contributed by atoms with E-state index in [9.17, 15) is 14.7 Å². The van der Waals surface area contributed by atoms with Crippen molar-refractivity contribution < 1.29 is 23.5 Å². The molecule has 0 spiro atoms. The number of furan rings is 1. The lowest BCUT2D eigenvalue weighted by atomic mass is 10.1. The van der Waals surface area contributed by atoms with Crippen LogP contribution in [-0.4, -0.2) is 17.7 Å². The molecule has 6 nitrogen and oxygen atoms in total. The molecule has 1 aromatic carbocycles. The molecule has 0 amide bonds. The zero-order valence-corrected chi connectivity index (χ0v) is 12.6. The first kappa shape index (κ1) is 14.9. The van der Waals surface area contributed by atoms with Gasteiger partial charge in [0.1, 0.15) is 28.9 Å². The van der Waals surface area contributed by atoms with Crippen molar-refractivity contribution in [3.8, 4) is 17.1 Å². The third kappa shape index (κ3) is 2.59. The topological polar surface area (TPSA) is 89.9 Å². The number of ether oxygens (including phenoxy) is 1. The summed E-state index contributed by atoms with van der Waals surface area (Å²) in [5, 5.41) is 9.93. The van der Waals surface area contributed by atoms with Crippen molar-refractivity contribution in [2.75, 3.05) is 6.61 Å². The molecule has 0 unspecified atom stereocenters. The molecule has 0 saturated carbocycles. The van der Waals surface area contributed by atoms with E-state index in [-0.39, 0.29) is 40.5 Å². The first-order valence-corrected chi connectivity index (χ1v) is 7.03. The highest BCUT2D eigenvalue weighted by atomic mass is 16.5. The van der Waals surface area contributed by atoms with Gasteiger partial charge in [-0.3, -0.25) is 4.79 Å². The molecule has 0 atom stereocenters. The summed E-state index contributed by atoms with van der Waals surface area (Å²) in [5.74, 6) is -0.335. The van der Waals surface area contributed by atoms with Crippen LogP contribution in [0.25, 0.3) is 22.3 Å². The van der Waals surface area contributed by atoms with Crippen LogP contribution in [0, 0.1) is 6.92 Å². The summed E-state index contributed by atoms with van der Waals surface area (Å²) in [5.41, 5.74) is 0.775. The number of fused-ring (bicyclic) bond motifs is 1. The fourth-order valence-corrected chi connectivity index (χ4v) is 2.40. The maximum atomic E-state index is 12.6. The number of aromatic hydroxyl groups is 1. The molecule has 2 heterocycles. The lowest BCUT2D eigenvalue weighted by Gasteiger charge is -2.04. The summed E-state index contributed by atoms with van der Waals surface area (Å²) < 4.78 is 15.7. The van der Waals surface area contributed by atoms with Gasteiger partial charge in [0.05, 0.1) is 12.0 Å². The predicted octanol–water partition coefficient (Wildman–Crippen LogP) is 3.24. The Morgan fingerprint density at radius 3 is 2.83 bits per heavy atom. The fraction of sp³-hybridized carbons (Fsp3) is 0.176. The number of carbonyl (C=O) groups excluding carboxylic acids is 1. The Balaban J connectivity index is 2.13. The smallest absolute Gasteiger partial charge is 0.374 e. The van der Waals surface area contributed by atoms with E-state index >= 15 is 0 Å². The van der Waals surface area contributed by atoms with E-state index in [4.69, 9.17) is 13.6 Å². The van der Waals surface area contributed by atoms with Crippen molar-refractivity contribution in [3.05, 3.63) is 52.1 Å². The number of benzene rings is 1. The molecular weight excluding hydrogens is 300 g/mol. The van der Waals surface area contributed by atoms with Gasteiger partial charge in [-0.1, -0.05) is 0 Å². The number of phenols is 1. The van der Waals surface area contributed by atoms with E-state index in [1.54, 1.807) is 13.8 Å². The fourth-order valence-electron chi connectivity index (χ4n) is 2.40. The summed E-state index contributed by atoms with van der Waals surface area (Å²) in [4.78, 5) is 24.3. The number of phenolic OH excluding ortho intramolecular Hbond substituents is 1. The van der Waals surface area contributed by atoms with E-state index in [1.165, 1.54) is 30.5 Å². The highest BCUT2D eigenvalue weighted by Gasteiger charge is 2.17. The van der Waals surface area contributed by atoms with E-state index in [0.717, 1.165) is 0 Å². The molecule has 0 radical (unpaired) electrons. The summed E-state index contributed by atoms with van der Waals surface area (Å²) in [6, 6.07) is 5.82. The highest BCUT2D eigenvalue weighted by Crippen LogP contribution is 2.26. The van der Waals surface area contributed by atoms with Crippen LogP contribution in [-0.2, 0) is 4.74 Å². The monoisotopic (exact) mass is 314 g/mol. The van der Waals surface area contributed by atoms with Gasteiger partial charge in [-0.15, -0.1) is 0 Å². The summed E-state index contributed by atoms with van der Waals surface area (Å²) in [7, 11) is 0. The average molecular weight is 314 g/mol. The van der Waals surface area contributed by atoms with Crippen LogP contribution in [0.3, 0.4) is 0 Å². The van der Waals surface area contributed by atoms with E-state index in [0.29, 0.717) is 10.9 Å². The van der Waals surface area contributed by atoms with E-state index in [1.807, 2.05) is 0 Å². The number of rotatable bonds is 3. The maximum absolute atomic E-state index is 12.6. The van der Waals surface area contributed by atoms with E-state index < -0.39 is 5.97 Å². The Kier molecular flexibility index (Phi) is 3.65. The van der Waals surface area contributed by atoms with Gasteiger partial charge in [-0.25, -0.2) is 4.79 Å². The minimum Gasteiger partial charge on any atom is -0.508 e. The van der Waals surface area contributed by atoms with Crippen LogP contribution in [0.4, 0.5) is 0 Å². The number of aryl methyl sites for hydroxylation is 1. The molecule has 1 N–H and O–H groups in total. The Hall–Kier alpha value is -3.02.